The fourth-order valence-corrected chi connectivity index (χ4v) is 4.02. The minimum atomic E-state index is -1.12. The number of nitrogens with one attached hydrogen (secondary N) is 2. The fourth-order valence-electron chi connectivity index (χ4n) is 4.02. The number of pyridine rings is 1. The molecule has 1 aliphatic heterocycles. The summed E-state index contributed by atoms with van der Waals surface area (Å²) in [6, 6.07) is 11.0. The van der Waals surface area contributed by atoms with Crippen molar-refractivity contribution in [3.8, 4) is 0 Å². The number of hydrogen-bond acceptors (Lipinski definition) is 6. The molecule has 0 fully saturated rings. The Bertz CT molecular complexity index is 1370. The molecule has 188 valence electrons. The van der Waals surface area contributed by atoms with Crippen molar-refractivity contribution in [2.24, 2.45) is 4.99 Å². The molecule has 0 radical (unpaired) electrons. The number of hydrogen-bond donors (Lipinski definition) is 3. The number of aliphatic imine (C=N–C) groups is 1. The highest BCUT2D eigenvalue weighted by molar-refractivity contribution is 5.97. The monoisotopic (exact) mass is 497 g/mol. The number of carbonyl (C=O) groups is 2. The van der Waals surface area contributed by atoms with Gasteiger partial charge in [0.05, 0.1) is 30.5 Å². The average Bonchev–Trinajstić information content (AvgIpc) is 3.37. The van der Waals surface area contributed by atoms with Gasteiger partial charge in [-0.15, -0.1) is 0 Å². The Morgan fingerprint density at radius 1 is 1.19 bits per heavy atom. The van der Waals surface area contributed by atoms with Crippen LogP contribution >= 0.6 is 0 Å². The van der Waals surface area contributed by atoms with Crippen LogP contribution in [-0.4, -0.2) is 58.7 Å². The summed E-state index contributed by atoms with van der Waals surface area (Å²) in [4.78, 5) is 43.2. The highest BCUT2D eigenvalue weighted by atomic mass is 19.1. The summed E-state index contributed by atoms with van der Waals surface area (Å²) in [5, 5.41) is 14.8. The molecule has 1 amide bonds. The Labute approximate surface area is 205 Å². The fraction of sp³-hybridized carbons (Fsp3) is 0.280. The SMILES string of the molecule is O=C(O)CCN(CNC1=NCCN1)C(=O)c1cn(CCc2ccccc2)c2c(F)cc(F)cc2c1=O. The minimum Gasteiger partial charge on any atom is -0.481 e. The molecule has 0 saturated heterocycles. The van der Waals surface area contributed by atoms with Gasteiger partial charge in [-0.3, -0.25) is 19.4 Å². The molecular formula is C25H25F2N5O4. The van der Waals surface area contributed by atoms with Gasteiger partial charge in [-0.2, -0.15) is 0 Å². The molecule has 4 rings (SSSR count). The van der Waals surface area contributed by atoms with Gasteiger partial charge in [0.15, 0.2) is 11.8 Å². The molecule has 11 heteroatoms. The number of halogens is 2. The van der Waals surface area contributed by atoms with Gasteiger partial charge in [0.25, 0.3) is 5.91 Å². The second-order valence-electron chi connectivity index (χ2n) is 8.29. The summed E-state index contributed by atoms with van der Waals surface area (Å²) in [7, 11) is 0. The van der Waals surface area contributed by atoms with Crippen LogP contribution in [0, 0.1) is 11.6 Å². The summed E-state index contributed by atoms with van der Waals surface area (Å²) < 4.78 is 30.3. The Morgan fingerprint density at radius 3 is 2.67 bits per heavy atom. The van der Waals surface area contributed by atoms with Crippen molar-refractivity contribution in [2.45, 2.75) is 19.4 Å². The number of carboxylic acid groups (broad SMARTS) is 1. The van der Waals surface area contributed by atoms with Crippen LogP contribution in [0.25, 0.3) is 10.9 Å². The highest BCUT2D eigenvalue weighted by Gasteiger charge is 2.24. The van der Waals surface area contributed by atoms with E-state index in [1.165, 1.54) is 10.8 Å². The molecule has 0 unspecified atom stereocenters. The number of carboxylic acids is 1. The number of aryl methyl sites for hydroxylation is 2. The first kappa shape index (κ1) is 24.8. The molecule has 1 aliphatic rings. The van der Waals surface area contributed by atoms with E-state index in [1.54, 1.807) is 0 Å². The van der Waals surface area contributed by atoms with Crippen LogP contribution in [0.15, 0.2) is 58.4 Å². The molecule has 0 atom stereocenters. The number of aromatic nitrogens is 1. The molecule has 36 heavy (non-hydrogen) atoms. The molecule has 0 bridgehead atoms. The third-order valence-electron chi connectivity index (χ3n) is 5.80. The number of nitrogens with zero attached hydrogens (tertiary/aromatic N) is 3. The second-order valence-corrected chi connectivity index (χ2v) is 8.29. The van der Waals surface area contributed by atoms with Gasteiger partial charge in [0, 0.05) is 31.9 Å². The zero-order chi connectivity index (χ0) is 25.7. The lowest BCUT2D eigenvalue weighted by Crippen LogP contribution is -2.46. The second kappa shape index (κ2) is 11.0. The van der Waals surface area contributed by atoms with Gasteiger partial charge in [-0.1, -0.05) is 30.3 Å². The number of fused-ring (bicyclic) bond motifs is 1. The molecule has 0 saturated carbocycles. The van der Waals surface area contributed by atoms with E-state index in [1.807, 2.05) is 30.3 Å². The summed E-state index contributed by atoms with van der Waals surface area (Å²) in [6.07, 6.45) is 1.38. The summed E-state index contributed by atoms with van der Waals surface area (Å²) in [5.41, 5.74) is -0.291. The Balaban J connectivity index is 1.72. The van der Waals surface area contributed by atoms with E-state index in [4.69, 9.17) is 5.11 Å². The first-order valence-electron chi connectivity index (χ1n) is 11.4. The maximum atomic E-state index is 14.8. The largest absolute Gasteiger partial charge is 0.481 e. The first-order chi connectivity index (χ1) is 17.3. The molecule has 2 aromatic carbocycles. The molecule has 0 aliphatic carbocycles. The van der Waals surface area contributed by atoms with Gasteiger partial charge in [0.2, 0.25) is 5.43 Å². The van der Waals surface area contributed by atoms with Crippen LogP contribution in [-0.2, 0) is 17.8 Å². The van der Waals surface area contributed by atoms with Crippen LogP contribution in [0.3, 0.4) is 0 Å². The lowest BCUT2D eigenvalue weighted by Gasteiger charge is -2.23. The number of rotatable bonds is 9. The zero-order valence-corrected chi connectivity index (χ0v) is 19.3. The normalized spacial score (nSPS) is 12.8. The van der Waals surface area contributed by atoms with Crippen molar-refractivity contribution >= 4 is 28.7 Å². The predicted molar refractivity (Wildman–Crippen MR) is 130 cm³/mol. The Hall–Kier alpha value is -4.28. The van der Waals surface area contributed by atoms with Crippen molar-refractivity contribution in [1.29, 1.82) is 0 Å². The first-order valence-corrected chi connectivity index (χ1v) is 11.4. The lowest BCUT2D eigenvalue weighted by atomic mass is 10.1. The minimum absolute atomic E-state index is 0.103. The molecule has 9 nitrogen and oxygen atoms in total. The smallest absolute Gasteiger partial charge is 0.305 e. The maximum Gasteiger partial charge on any atom is 0.305 e. The number of carbonyl (C=O) groups excluding carboxylic acids is 1. The van der Waals surface area contributed by atoms with Gasteiger partial charge < -0.3 is 25.2 Å². The predicted octanol–water partition coefficient (Wildman–Crippen LogP) is 1.95. The number of benzene rings is 2. The molecule has 0 spiro atoms. The standard InChI is InChI=1S/C25H25F2N5O4/c26-17-12-18-22(20(27)13-17)31(10-6-16-4-2-1-3-5-16)14-19(23(18)35)24(36)32(11-7-21(33)34)15-30-25-28-8-9-29-25/h1-5,12-14H,6-11,15H2,(H,33,34)(H2,28,29,30). The van der Waals surface area contributed by atoms with Crippen molar-refractivity contribution < 1.29 is 23.5 Å². The van der Waals surface area contributed by atoms with Crippen LogP contribution < -0.4 is 16.1 Å². The van der Waals surface area contributed by atoms with Crippen molar-refractivity contribution in [3.63, 3.8) is 0 Å². The summed E-state index contributed by atoms with van der Waals surface area (Å²) in [6.45, 7) is 1.10. The van der Waals surface area contributed by atoms with Gasteiger partial charge in [0.1, 0.15) is 11.4 Å². The van der Waals surface area contributed by atoms with Crippen molar-refractivity contribution in [3.05, 3.63) is 81.6 Å². The highest BCUT2D eigenvalue weighted by Crippen LogP contribution is 2.20. The van der Waals surface area contributed by atoms with E-state index >= 15 is 0 Å². The quantitative estimate of drug-likeness (QED) is 0.389. The Kier molecular flexibility index (Phi) is 7.57. The van der Waals surface area contributed by atoms with E-state index in [0.29, 0.717) is 31.5 Å². The van der Waals surface area contributed by atoms with Gasteiger partial charge >= 0.3 is 5.97 Å². The van der Waals surface area contributed by atoms with E-state index in [9.17, 15) is 23.2 Å². The average molecular weight is 498 g/mol. The molecule has 2 heterocycles. The van der Waals surface area contributed by atoms with E-state index in [-0.39, 0.29) is 42.6 Å². The Morgan fingerprint density at radius 2 is 1.97 bits per heavy atom. The van der Waals surface area contributed by atoms with Crippen LogP contribution in [0.4, 0.5) is 8.78 Å². The summed E-state index contributed by atoms with van der Waals surface area (Å²) >= 11 is 0. The van der Waals surface area contributed by atoms with Crippen LogP contribution in [0.2, 0.25) is 0 Å². The third kappa shape index (κ3) is 5.68. The maximum absolute atomic E-state index is 14.8. The van der Waals surface area contributed by atoms with Crippen molar-refractivity contribution in [1.82, 2.24) is 20.1 Å². The lowest BCUT2D eigenvalue weighted by molar-refractivity contribution is -0.137. The topological polar surface area (TPSA) is 116 Å². The third-order valence-corrected chi connectivity index (χ3v) is 5.80. The number of amides is 1. The zero-order valence-electron chi connectivity index (χ0n) is 19.3. The van der Waals surface area contributed by atoms with Crippen molar-refractivity contribution in [2.75, 3.05) is 26.3 Å². The molecule has 1 aromatic heterocycles. The summed E-state index contributed by atoms with van der Waals surface area (Å²) in [5.74, 6) is -3.28. The van der Waals surface area contributed by atoms with E-state index < -0.39 is 28.9 Å². The number of aliphatic carboxylic acids is 1. The molecule has 3 aromatic rings. The van der Waals surface area contributed by atoms with Gasteiger partial charge in [-0.25, -0.2) is 8.78 Å². The van der Waals surface area contributed by atoms with E-state index in [2.05, 4.69) is 15.6 Å². The molecular weight excluding hydrogens is 472 g/mol. The van der Waals surface area contributed by atoms with E-state index in [0.717, 1.165) is 16.5 Å². The van der Waals surface area contributed by atoms with Crippen LogP contribution in [0.1, 0.15) is 22.3 Å². The number of guanidine groups is 1. The van der Waals surface area contributed by atoms with Crippen LogP contribution in [0.5, 0.6) is 0 Å². The van der Waals surface area contributed by atoms with Gasteiger partial charge in [-0.05, 0) is 18.1 Å². The molecule has 3 N–H and O–H groups in total.